The third-order valence-electron chi connectivity index (χ3n) is 4.90. The fourth-order valence-electron chi connectivity index (χ4n) is 3.94. The zero-order chi connectivity index (χ0) is 13.9. The van der Waals surface area contributed by atoms with Gasteiger partial charge in [-0.3, -0.25) is 9.69 Å². The summed E-state index contributed by atoms with van der Waals surface area (Å²) in [6, 6.07) is 11.0. The van der Waals surface area contributed by atoms with Crippen molar-refractivity contribution in [2.24, 2.45) is 5.92 Å². The highest BCUT2D eigenvalue weighted by atomic mass is 16.5. The molecule has 0 N–H and O–H groups in total. The van der Waals surface area contributed by atoms with Gasteiger partial charge in [0.15, 0.2) is 0 Å². The van der Waals surface area contributed by atoms with Gasteiger partial charge in [-0.25, -0.2) is 0 Å². The maximum absolute atomic E-state index is 12.1. The van der Waals surface area contributed by atoms with Crippen LogP contribution in [0.3, 0.4) is 0 Å². The van der Waals surface area contributed by atoms with Gasteiger partial charge in [0.25, 0.3) is 0 Å². The largest absolute Gasteiger partial charge is 0.468 e. The molecule has 1 aliphatic carbocycles. The molecule has 0 radical (unpaired) electrons. The van der Waals surface area contributed by atoms with Crippen molar-refractivity contribution in [3.63, 3.8) is 0 Å². The lowest BCUT2D eigenvalue weighted by atomic mass is 9.84. The van der Waals surface area contributed by atoms with Gasteiger partial charge >= 0.3 is 5.97 Å². The van der Waals surface area contributed by atoms with Crippen LogP contribution < -0.4 is 0 Å². The summed E-state index contributed by atoms with van der Waals surface area (Å²) in [7, 11) is 1.50. The van der Waals surface area contributed by atoms with Crippen molar-refractivity contribution in [3.8, 4) is 0 Å². The molecule has 1 saturated heterocycles. The molecule has 0 amide bonds. The van der Waals surface area contributed by atoms with Crippen molar-refractivity contribution in [1.29, 1.82) is 0 Å². The number of carbonyl (C=O) groups is 1. The second-order valence-corrected chi connectivity index (χ2v) is 6.04. The second kappa shape index (κ2) is 5.96. The number of fused-ring (bicyclic) bond motifs is 1. The number of hydrogen-bond acceptors (Lipinski definition) is 3. The molecule has 3 atom stereocenters. The minimum atomic E-state index is -0.0599. The van der Waals surface area contributed by atoms with E-state index in [0.717, 1.165) is 13.0 Å². The second-order valence-electron chi connectivity index (χ2n) is 6.04. The van der Waals surface area contributed by atoms with Crippen LogP contribution in [-0.4, -0.2) is 30.1 Å². The smallest absolute Gasteiger partial charge is 0.323 e. The average Bonchev–Trinajstić information content (AvgIpc) is 2.86. The fourth-order valence-corrected chi connectivity index (χ4v) is 3.94. The molecule has 0 bridgehead atoms. The van der Waals surface area contributed by atoms with Crippen molar-refractivity contribution >= 4 is 5.97 Å². The van der Waals surface area contributed by atoms with Crippen LogP contribution >= 0.6 is 0 Å². The van der Waals surface area contributed by atoms with Gasteiger partial charge in [-0.1, -0.05) is 43.2 Å². The number of rotatable bonds is 3. The van der Waals surface area contributed by atoms with E-state index in [2.05, 4.69) is 29.2 Å². The summed E-state index contributed by atoms with van der Waals surface area (Å²) in [6.07, 6.45) is 6.08. The number of likely N-dealkylation sites (tertiary alicyclic amines) is 1. The van der Waals surface area contributed by atoms with Gasteiger partial charge in [0.1, 0.15) is 6.04 Å². The quantitative estimate of drug-likeness (QED) is 0.793. The highest BCUT2D eigenvalue weighted by Crippen LogP contribution is 2.40. The number of methoxy groups -OCH3 is 1. The van der Waals surface area contributed by atoms with Gasteiger partial charge in [-0.15, -0.1) is 0 Å². The van der Waals surface area contributed by atoms with Crippen molar-refractivity contribution in [2.75, 3.05) is 7.11 Å². The zero-order valence-electron chi connectivity index (χ0n) is 12.1. The number of ether oxygens (including phenoxy) is 1. The van der Waals surface area contributed by atoms with Crippen LogP contribution in [0.5, 0.6) is 0 Å². The van der Waals surface area contributed by atoms with Crippen molar-refractivity contribution in [2.45, 2.75) is 50.7 Å². The predicted octanol–water partition coefficient (Wildman–Crippen LogP) is 2.99. The van der Waals surface area contributed by atoms with Gasteiger partial charge in [-0.2, -0.15) is 0 Å². The third-order valence-corrected chi connectivity index (χ3v) is 4.90. The molecule has 1 heterocycles. The Hall–Kier alpha value is -1.35. The van der Waals surface area contributed by atoms with Crippen LogP contribution in [0.25, 0.3) is 0 Å². The molecule has 108 valence electrons. The summed E-state index contributed by atoms with van der Waals surface area (Å²) in [5.74, 6) is 0.617. The molecular formula is C17H23NO2. The molecular weight excluding hydrogens is 250 g/mol. The molecule has 0 aromatic heterocycles. The summed E-state index contributed by atoms with van der Waals surface area (Å²) in [4.78, 5) is 14.5. The molecule has 1 aliphatic heterocycles. The summed E-state index contributed by atoms with van der Waals surface area (Å²) >= 11 is 0. The van der Waals surface area contributed by atoms with Gasteiger partial charge < -0.3 is 4.74 Å². The molecule has 3 heteroatoms. The molecule has 1 aromatic carbocycles. The molecule has 3 rings (SSSR count). The van der Waals surface area contributed by atoms with Crippen LogP contribution in [0.15, 0.2) is 30.3 Å². The maximum Gasteiger partial charge on any atom is 0.323 e. The van der Waals surface area contributed by atoms with E-state index in [-0.39, 0.29) is 12.0 Å². The minimum absolute atomic E-state index is 0.0479. The van der Waals surface area contributed by atoms with E-state index in [9.17, 15) is 4.79 Å². The minimum Gasteiger partial charge on any atom is -0.468 e. The summed E-state index contributed by atoms with van der Waals surface area (Å²) in [6.45, 7) is 0.863. The van der Waals surface area contributed by atoms with E-state index in [0.29, 0.717) is 12.0 Å². The van der Waals surface area contributed by atoms with E-state index in [1.54, 1.807) is 0 Å². The van der Waals surface area contributed by atoms with Crippen molar-refractivity contribution < 1.29 is 9.53 Å². The molecule has 1 aromatic rings. The average molecular weight is 273 g/mol. The summed E-state index contributed by atoms with van der Waals surface area (Å²) < 4.78 is 5.03. The molecule has 1 saturated carbocycles. The van der Waals surface area contributed by atoms with E-state index in [4.69, 9.17) is 4.74 Å². The van der Waals surface area contributed by atoms with Crippen molar-refractivity contribution in [3.05, 3.63) is 35.9 Å². The van der Waals surface area contributed by atoms with Crippen LogP contribution in [0.1, 0.15) is 37.7 Å². The molecule has 20 heavy (non-hydrogen) atoms. The number of esters is 1. The number of nitrogens with zero attached hydrogens (tertiary/aromatic N) is 1. The van der Waals surface area contributed by atoms with Crippen LogP contribution in [0.2, 0.25) is 0 Å². The Bertz CT molecular complexity index is 459. The first-order chi connectivity index (χ1) is 9.79. The highest BCUT2D eigenvalue weighted by Gasteiger charge is 2.45. The Morgan fingerprint density at radius 2 is 2.00 bits per heavy atom. The topological polar surface area (TPSA) is 29.5 Å². The Balaban J connectivity index is 1.81. The zero-order valence-corrected chi connectivity index (χ0v) is 12.1. The first kappa shape index (κ1) is 13.6. The molecule has 0 spiro atoms. The number of hydrogen-bond donors (Lipinski definition) is 0. The Morgan fingerprint density at radius 3 is 2.75 bits per heavy atom. The number of carbonyl (C=O) groups excluding carboxylic acids is 1. The highest BCUT2D eigenvalue weighted by molar-refractivity contribution is 5.76. The van der Waals surface area contributed by atoms with Gasteiger partial charge in [-0.05, 0) is 30.7 Å². The third kappa shape index (κ3) is 2.59. The van der Waals surface area contributed by atoms with Gasteiger partial charge in [0.2, 0.25) is 0 Å². The summed E-state index contributed by atoms with van der Waals surface area (Å²) in [5, 5.41) is 0. The maximum atomic E-state index is 12.1. The Morgan fingerprint density at radius 1 is 1.25 bits per heavy atom. The van der Waals surface area contributed by atoms with Crippen LogP contribution in [-0.2, 0) is 16.1 Å². The van der Waals surface area contributed by atoms with Gasteiger partial charge in [0, 0.05) is 12.6 Å². The molecule has 2 fully saturated rings. The van der Waals surface area contributed by atoms with Gasteiger partial charge in [0.05, 0.1) is 7.11 Å². The monoisotopic (exact) mass is 273 g/mol. The van der Waals surface area contributed by atoms with E-state index in [1.165, 1.54) is 38.4 Å². The SMILES string of the molecule is COC(=O)C1CC2CCCCC2N1Cc1ccccc1. The first-order valence-electron chi connectivity index (χ1n) is 7.67. The normalized spacial score (nSPS) is 29.9. The van der Waals surface area contributed by atoms with Crippen molar-refractivity contribution in [1.82, 2.24) is 4.90 Å². The summed E-state index contributed by atoms with van der Waals surface area (Å²) in [5.41, 5.74) is 1.28. The molecule has 2 aliphatic rings. The molecule has 3 nitrogen and oxygen atoms in total. The number of benzene rings is 1. The fraction of sp³-hybridized carbons (Fsp3) is 0.588. The predicted molar refractivity (Wildman–Crippen MR) is 78.2 cm³/mol. The van der Waals surface area contributed by atoms with E-state index >= 15 is 0 Å². The van der Waals surface area contributed by atoms with Crippen LogP contribution in [0.4, 0.5) is 0 Å². The lowest BCUT2D eigenvalue weighted by Crippen LogP contribution is -2.42. The lowest BCUT2D eigenvalue weighted by Gasteiger charge is -2.33. The van der Waals surface area contributed by atoms with E-state index in [1.807, 2.05) is 6.07 Å². The lowest BCUT2D eigenvalue weighted by molar-refractivity contribution is -0.146. The first-order valence-corrected chi connectivity index (χ1v) is 7.67. The van der Waals surface area contributed by atoms with E-state index < -0.39 is 0 Å². The standard InChI is InChI=1S/C17H23NO2/c1-20-17(19)16-11-14-9-5-6-10-15(14)18(16)12-13-7-3-2-4-8-13/h2-4,7-8,14-16H,5-6,9-12H2,1H3. The Kier molecular flexibility index (Phi) is 4.06. The Labute approximate surface area is 120 Å². The molecule has 3 unspecified atom stereocenters. The van der Waals surface area contributed by atoms with Crippen LogP contribution in [0, 0.1) is 5.92 Å².